The molecule has 1 atom stereocenters. The SMILES string of the molecule is NCCC1CN(C(=O)c2cnc3c(c2)ncn3Cc2ccccc2)CCO1. The number of carbonyl (C=O) groups is 1. The first-order chi connectivity index (χ1) is 13.2. The molecule has 3 heterocycles. The zero-order valence-corrected chi connectivity index (χ0v) is 15.1. The average Bonchev–Trinajstić information content (AvgIpc) is 3.11. The quantitative estimate of drug-likeness (QED) is 0.743. The van der Waals surface area contributed by atoms with Crippen molar-refractivity contribution in [2.75, 3.05) is 26.2 Å². The number of amides is 1. The van der Waals surface area contributed by atoms with Crippen LogP contribution in [0, 0.1) is 0 Å². The molecule has 0 spiro atoms. The van der Waals surface area contributed by atoms with Crippen molar-refractivity contribution in [3.63, 3.8) is 0 Å². The Morgan fingerprint density at radius 2 is 2.11 bits per heavy atom. The van der Waals surface area contributed by atoms with Gasteiger partial charge in [0.2, 0.25) is 0 Å². The van der Waals surface area contributed by atoms with Gasteiger partial charge in [0.1, 0.15) is 5.52 Å². The second kappa shape index (κ2) is 7.85. The number of benzene rings is 1. The van der Waals surface area contributed by atoms with Crippen molar-refractivity contribution < 1.29 is 9.53 Å². The van der Waals surface area contributed by atoms with Gasteiger partial charge in [-0.05, 0) is 24.6 Å². The van der Waals surface area contributed by atoms with Crippen LogP contribution in [0.4, 0.5) is 0 Å². The maximum Gasteiger partial charge on any atom is 0.255 e. The minimum atomic E-state index is -0.0349. The Morgan fingerprint density at radius 3 is 2.93 bits per heavy atom. The summed E-state index contributed by atoms with van der Waals surface area (Å²) in [5.41, 5.74) is 8.84. The Balaban J connectivity index is 1.53. The van der Waals surface area contributed by atoms with Gasteiger partial charge in [-0.1, -0.05) is 30.3 Å². The maximum atomic E-state index is 12.9. The van der Waals surface area contributed by atoms with E-state index in [1.165, 1.54) is 5.56 Å². The van der Waals surface area contributed by atoms with Gasteiger partial charge in [0.25, 0.3) is 5.91 Å². The highest BCUT2D eigenvalue weighted by Gasteiger charge is 2.25. The van der Waals surface area contributed by atoms with E-state index in [0.29, 0.717) is 38.3 Å². The summed E-state index contributed by atoms with van der Waals surface area (Å²) in [5.74, 6) is -0.0349. The van der Waals surface area contributed by atoms with Crippen molar-refractivity contribution in [2.24, 2.45) is 5.73 Å². The number of carbonyl (C=O) groups excluding carboxylic acids is 1. The van der Waals surface area contributed by atoms with Crippen LogP contribution in [0.1, 0.15) is 22.3 Å². The lowest BCUT2D eigenvalue weighted by molar-refractivity contribution is -0.0236. The minimum absolute atomic E-state index is 0.00877. The van der Waals surface area contributed by atoms with Gasteiger partial charge in [-0.15, -0.1) is 0 Å². The second-order valence-corrected chi connectivity index (χ2v) is 6.75. The highest BCUT2D eigenvalue weighted by molar-refractivity contribution is 5.96. The van der Waals surface area contributed by atoms with E-state index in [1.54, 1.807) is 12.5 Å². The van der Waals surface area contributed by atoms with Crippen LogP contribution in [0.5, 0.6) is 0 Å². The molecule has 1 amide bonds. The fraction of sp³-hybridized carbons (Fsp3) is 0.350. The number of rotatable bonds is 5. The molecule has 1 unspecified atom stereocenters. The number of hydrogen-bond acceptors (Lipinski definition) is 5. The molecule has 7 heteroatoms. The van der Waals surface area contributed by atoms with E-state index in [-0.39, 0.29) is 12.0 Å². The standard InChI is InChI=1S/C20H23N5O2/c21-7-6-17-13-24(8-9-27-17)20(26)16-10-18-19(22-11-16)25(14-23-18)12-15-4-2-1-3-5-15/h1-5,10-11,14,17H,6-9,12-13,21H2. The molecule has 7 nitrogen and oxygen atoms in total. The Hall–Kier alpha value is -2.77. The lowest BCUT2D eigenvalue weighted by Gasteiger charge is -2.32. The maximum absolute atomic E-state index is 12.9. The smallest absolute Gasteiger partial charge is 0.255 e. The molecule has 3 aromatic rings. The third-order valence-electron chi connectivity index (χ3n) is 4.81. The highest BCUT2D eigenvalue weighted by atomic mass is 16.5. The third-order valence-corrected chi connectivity index (χ3v) is 4.81. The molecule has 0 radical (unpaired) electrons. The second-order valence-electron chi connectivity index (χ2n) is 6.75. The summed E-state index contributed by atoms with van der Waals surface area (Å²) in [6, 6.07) is 12.0. The van der Waals surface area contributed by atoms with Crippen LogP contribution in [0.2, 0.25) is 0 Å². The topological polar surface area (TPSA) is 86.3 Å². The fourth-order valence-corrected chi connectivity index (χ4v) is 3.41. The molecule has 1 aromatic carbocycles. The van der Waals surface area contributed by atoms with E-state index in [2.05, 4.69) is 22.1 Å². The molecular weight excluding hydrogens is 342 g/mol. The molecule has 0 saturated carbocycles. The molecular formula is C20H23N5O2. The Bertz CT molecular complexity index is 923. The predicted octanol–water partition coefficient (Wildman–Crippen LogP) is 1.67. The molecule has 2 aromatic heterocycles. The van der Waals surface area contributed by atoms with Crippen LogP contribution >= 0.6 is 0 Å². The van der Waals surface area contributed by atoms with Crippen molar-refractivity contribution in [2.45, 2.75) is 19.1 Å². The molecule has 27 heavy (non-hydrogen) atoms. The number of nitrogens with two attached hydrogens (primary N) is 1. The van der Waals surface area contributed by atoms with Gasteiger partial charge in [0, 0.05) is 19.3 Å². The summed E-state index contributed by atoms with van der Waals surface area (Å²) < 4.78 is 7.65. The summed E-state index contributed by atoms with van der Waals surface area (Å²) in [7, 11) is 0. The summed E-state index contributed by atoms with van der Waals surface area (Å²) in [4.78, 5) is 23.6. The van der Waals surface area contributed by atoms with Crippen LogP contribution in [0.15, 0.2) is 48.9 Å². The Labute approximate surface area is 157 Å². The van der Waals surface area contributed by atoms with Gasteiger partial charge in [0.15, 0.2) is 5.65 Å². The average molecular weight is 365 g/mol. The molecule has 4 rings (SSSR count). The highest BCUT2D eigenvalue weighted by Crippen LogP contribution is 2.17. The molecule has 140 valence electrons. The van der Waals surface area contributed by atoms with E-state index in [0.717, 1.165) is 17.6 Å². The van der Waals surface area contributed by atoms with Crippen LogP contribution in [0.25, 0.3) is 11.2 Å². The molecule has 1 aliphatic heterocycles. The molecule has 0 bridgehead atoms. The van der Waals surface area contributed by atoms with E-state index in [1.807, 2.05) is 33.7 Å². The van der Waals surface area contributed by atoms with Gasteiger partial charge in [-0.3, -0.25) is 4.79 Å². The van der Waals surface area contributed by atoms with Gasteiger partial charge >= 0.3 is 0 Å². The number of nitrogens with zero attached hydrogens (tertiary/aromatic N) is 4. The number of morpholine rings is 1. The number of hydrogen-bond donors (Lipinski definition) is 1. The minimum Gasteiger partial charge on any atom is -0.374 e. The van der Waals surface area contributed by atoms with Crippen molar-refractivity contribution in [1.29, 1.82) is 0 Å². The van der Waals surface area contributed by atoms with Crippen molar-refractivity contribution in [3.8, 4) is 0 Å². The number of fused-ring (bicyclic) bond motifs is 1. The van der Waals surface area contributed by atoms with Crippen molar-refractivity contribution in [1.82, 2.24) is 19.4 Å². The number of imidazole rings is 1. The van der Waals surface area contributed by atoms with Gasteiger partial charge in [-0.25, -0.2) is 9.97 Å². The van der Waals surface area contributed by atoms with Crippen molar-refractivity contribution in [3.05, 3.63) is 60.0 Å². The van der Waals surface area contributed by atoms with Crippen molar-refractivity contribution >= 4 is 17.1 Å². The van der Waals surface area contributed by atoms with Gasteiger partial charge < -0.3 is 19.9 Å². The summed E-state index contributed by atoms with van der Waals surface area (Å²) >= 11 is 0. The normalized spacial score (nSPS) is 17.4. The number of aromatic nitrogens is 3. The molecule has 1 fully saturated rings. The first-order valence-corrected chi connectivity index (χ1v) is 9.20. The summed E-state index contributed by atoms with van der Waals surface area (Å²) in [6.45, 7) is 2.94. The molecule has 1 aliphatic rings. The van der Waals surface area contributed by atoms with Crippen LogP contribution in [0.3, 0.4) is 0 Å². The molecule has 1 saturated heterocycles. The van der Waals surface area contributed by atoms with Crippen LogP contribution < -0.4 is 5.73 Å². The van der Waals surface area contributed by atoms with Crippen LogP contribution in [-0.4, -0.2) is 57.7 Å². The zero-order valence-electron chi connectivity index (χ0n) is 15.1. The number of pyridine rings is 1. The first kappa shape index (κ1) is 17.6. The zero-order chi connectivity index (χ0) is 18.6. The van der Waals surface area contributed by atoms with E-state index >= 15 is 0 Å². The molecule has 0 aliphatic carbocycles. The van der Waals surface area contributed by atoms with Gasteiger partial charge in [-0.2, -0.15) is 0 Å². The summed E-state index contributed by atoms with van der Waals surface area (Å²) in [6.07, 6.45) is 4.17. The molecule has 2 N–H and O–H groups in total. The van der Waals surface area contributed by atoms with Crippen LogP contribution in [-0.2, 0) is 11.3 Å². The van der Waals surface area contributed by atoms with E-state index in [9.17, 15) is 4.79 Å². The monoisotopic (exact) mass is 365 g/mol. The fourth-order valence-electron chi connectivity index (χ4n) is 3.41. The first-order valence-electron chi connectivity index (χ1n) is 9.20. The Kier molecular flexibility index (Phi) is 5.13. The Morgan fingerprint density at radius 1 is 1.26 bits per heavy atom. The lowest BCUT2D eigenvalue weighted by Crippen LogP contribution is -2.46. The lowest BCUT2D eigenvalue weighted by atomic mass is 10.1. The predicted molar refractivity (Wildman–Crippen MR) is 102 cm³/mol. The third kappa shape index (κ3) is 3.84. The summed E-state index contributed by atoms with van der Waals surface area (Å²) in [5, 5.41) is 0. The number of ether oxygens (including phenoxy) is 1. The van der Waals surface area contributed by atoms with E-state index in [4.69, 9.17) is 10.5 Å². The largest absolute Gasteiger partial charge is 0.374 e. The van der Waals surface area contributed by atoms with E-state index < -0.39 is 0 Å². The van der Waals surface area contributed by atoms with Gasteiger partial charge in [0.05, 0.1) is 31.1 Å².